The third-order valence-corrected chi connectivity index (χ3v) is 4.18. The standard InChI is InChI=1S/C15H21Cl2NO6S/c1-10(16)7-23-15(24-8-11(2)17)9-22-14-4-3-12(5-13(14)15)6-18-25(19,20)21/h3-5,10-11,18H,6-9H2,1-2H3,(H,19,20,21). The average Bonchev–Trinajstić information content (AvgIpc) is 2.87. The topological polar surface area (TPSA) is 94.1 Å². The summed E-state index contributed by atoms with van der Waals surface area (Å²) >= 11 is 12.0. The number of hydrogen-bond donors (Lipinski definition) is 2. The summed E-state index contributed by atoms with van der Waals surface area (Å²) < 4.78 is 50.0. The Balaban J connectivity index is 2.28. The Morgan fingerprint density at radius 1 is 1.28 bits per heavy atom. The summed E-state index contributed by atoms with van der Waals surface area (Å²) in [6, 6.07) is 5.08. The Labute approximate surface area is 157 Å². The van der Waals surface area contributed by atoms with Crippen molar-refractivity contribution in [1.29, 1.82) is 0 Å². The van der Waals surface area contributed by atoms with Crippen LogP contribution in [0.2, 0.25) is 0 Å². The van der Waals surface area contributed by atoms with Gasteiger partial charge in [0, 0.05) is 6.54 Å². The molecule has 1 aliphatic rings. The van der Waals surface area contributed by atoms with Gasteiger partial charge in [0.05, 0.1) is 29.5 Å². The van der Waals surface area contributed by atoms with Gasteiger partial charge < -0.3 is 14.2 Å². The molecule has 1 aromatic carbocycles. The van der Waals surface area contributed by atoms with Crippen LogP contribution in [0.4, 0.5) is 0 Å². The number of benzene rings is 1. The summed E-state index contributed by atoms with van der Waals surface area (Å²) in [5.74, 6) is -0.601. The first kappa shape index (κ1) is 20.7. The lowest BCUT2D eigenvalue weighted by molar-refractivity contribution is -0.248. The second kappa shape index (κ2) is 8.39. The van der Waals surface area contributed by atoms with Crippen LogP contribution in [0.25, 0.3) is 0 Å². The molecule has 0 spiro atoms. The monoisotopic (exact) mass is 413 g/mol. The zero-order valence-corrected chi connectivity index (χ0v) is 16.2. The Hall–Kier alpha value is -0.610. The zero-order chi connectivity index (χ0) is 18.7. The minimum atomic E-state index is -4.29. The molecule has 1 heterocycles. The van der Waals surface area contributed by atoms with E-state index in [0.717, 1.165) is 0 Å². The van der Waals surface area contributed by atoms with Gasteiger partial charge in [-0.15, -0.1) is 23.2 Å². The van der Waals surface area contributed by atoms with Crippen molar-refractivity contribution in [1.82, 2.24) is 4.72 Å². The Kier molecular flexibility index (Phi) is 6.94. The molecule has 0 fully saturated rings. The molecule has 0 aromatic heterocycles. The third-order valence-electron chi connectivity index (χ3n) is 3.42. The van der Waals surface area contributed by atoms with Crippen molar-refractivity contribution >= 4 is 33.5 Å². The van der Waals surface area contributed by atoms with Crippen LogP contribution in [0.3, 0.4) is 0 Å². The molecule has 7 nitrogen and oxygen atoms in total. The van der Waals surface area contributed by atoms with Crippen LogP contribution >= 0.6 is 23.2 Å². The minimum absolute atomic E-state index is 0.0833. The van der Waals surface area contributed by atoms with E-state index < -0.39 is 16.1 Å². The van der Waals surface area contributed by atoms with Crippen molar-refractivity contribution in [3.8, 4) is 5.75 Å². The quantitative estimate of drug-likeness (QED) is 0.366. The van der Waals surface area contributed by atoms with E-state index in [2.05, 4.69) is 0 Å². The van der Waals surface area contributed by atoms with Crippen LogP contribution < -0.4 is 9.46 Å². The fourth-order valence-electron chi connectivity index (χ4n) is 2.32. The fraction of sp³-hybridized carbons (Fsp3) is 0.600. The molecule has 0 aliphatic carbocycles. The molecule has 25 heavy (non-hydrogen) atoms. The highest BCUT2D eigenvalue weighted by Crippen LogP contribution is 2.41. The first-order valence-corrected chi connectivity index (χ1v) is 9.97. The second-order valence-electron chi connectivity index (χ2n) is 5.85. The number of rotatable bonds is 9. The second-order valence-corrected chi connectivity index (χ2v) is 8.58. The normalized spacial score (nSPS) is 22.3. The van der Waals surface area contributed by atoms with Gasteiger partial charge in [-0.3, -0.25) is 4.55 Å². The van der Waals surface area contributed by atoms with E-state index in [4.69, 9.17) is 42.0 Å². The summed E-state index contributed by atoms with van der Waals surface area (Å²) in [6.45, 7) is 4.10. The predicted molar refractivity (Wildman–Crippen MR) is 94.5 cm³/mol. The fourth-order valence-corrected chi connectivity index (χ4v) is 2.79. The van der Waals surface area contributed by atoms with Gasteiger partial charge in [0.1, 0.15) is 12.4 Å². The summed E-state index contributed by atoms with van der Waals surface area (Å²) in [5.41, 5.74) is 1.23. The van der Waals surface area contributed by atoms with Crippen molar-refractivity contribution in [3.63, 3.8) is 0 Å². The van der Waals surface area contributed by atoms with E-state index in [-0.39, 0.29) is 37.1 Å². The van der Waals surface area contributed by atoms with E-state index in [0.29, 0.717) is 16.9 Å². The van der Waals surface area contributed by atoms with Crippen molar-refractivity contribution in [2.24, 2.45) is 0 Å². The lowest BCUT2D eigenvalue weighted by Crippen LogP contribution is -2.38. The number of hydrogen-bond acceptors (Lipinski definition) is 5. The number of fused-ring (bicyclic) bond motifs is 1. The van der Waals surface area contributed by atoms with E-state index in [9.17, 15) is 8.42 Å². The molecule has 0 saturated carbocycles. The summed E-state index contributed by atoms with van der Waals surface area (Å²) in [7, 11) is -4.29. The van der Waals surface area contributed by atoms with E-state index in [1.807, 2.05) is 4.72 Å². The molecule has 142 valence electrons. The molecule has 0 radical (unpaired) electrons. The van der Waals surface area contributed by atoms with Gasteiger partial charge in [-0.05, 0) is 31.5 Å². The molecule has 0 bridgehead atoms. The van der Waals surface area contributed by atoms with E-state index in [1.54, 1.807) is 32.0 Å². The summed E-state index contributed by atoms with van der Waals surface area (Å²) in [5, 5.41) is -0.468. The molecule has 10 heteroatoms. The highest BCUT2D eigenvalue weighted by molar-refractivity contribution is 7.83. The molecular formula is C15H21Cl2NO6S. The minimum Gasteiger partial charge on any atom is -0.487 e. The summed E-state index contributed by atoms with van der Waals surface area (Å²) in [6.07, 6.45) is 0. The van der Waals surface area contributed by atoms with Crippen LogP contribution in [0.15, 0.2) is 18.2 Å². The highest BCUT2D eigenvalue weighted by Gasteiger charge is 2.44. The zero-order valence-electron chi connectivity index (χ0n) is 13.9. The number of nitrogens with one attached hydrogen (secondary N) is 1. The lowest BCUT2D eigenvalue weighted by Gasteiger charge is -2.30. The van der Waals surface area contributed by atoms with Crippen molar-refractivity contribution < 1.29 is 27.2 Å². The van der Waals surface area contributed by atoms with Crippen molar-refractivity contribution in [2.45, 2.75) is 36.9 Å². The van der Waals surface area contributed by atoms with Gasteiger partial charge in [0.25, 0.3) is 0 Å². The maximum atomic E-state index is 10.9. The average molecular weight is 414 g/mol. The molecule has 2 N–H and O–H groups in total. The van der Waals surface area contributed by atoms with Gasteiger partial charge in [0.2, 0.25) is 5.79 Å². The number of halogens is 2. The maximum absolute atomic E-state index is 10.9. The molecular weight excluding hydrogens is 393 g/mol. The first-order chi connectivity index (χ1) is 11.6. The number of alkyl halides is 2. The molecule has 1 aromatic rings. The van der Waals surface area contributed by atoms with Crippen LogP contribution in [0.5, 0.6) is 5.75 Å². The predicted octanol–water partition coefficient (Wildman–Crippen LogP) is 2.41. The third kappa shape index (κ3) is 5.96. The Morgan fingerprint density at radius 3 is 2.40 bits per heavy atom. The molecule has 2 rings (SSSR count). The molecule has 0 saturated heterocycles. The molecule has 1 aliphatic heterocycles. The van der Waals surface area contributed by atoms with Crippen LogP contribution in [0.1, 0.15) is 25.0 Å². The van der Waals surface area contributed by atoms with E-state index >= 15 is 0 Å². The largest absolute Gasteiger partial charge is 0.487 e. The van der Waals surface area contributed by atoms with Crippen molar-refractivity contribution in [2.75, 3.05) is 19.8 Å². The lowest BCUT2D eigenvalue weighted by atomic mass is 10.0. The smallest absolute Gasteiger partial charge is 0.333 e. The Bertz CT molecular complexity index is 683. The molecule has 2 unspecified atom stereocenters. The van der Waals surface area contributed by atoms with Gasteiger partial charge in [-0.1, -0.05) is 6.07 Å². The van der Waals surface area contributed by atoms with Crippen LogP contribution in [-0.4, -0.2) is 43.5 Å². The van der Waals surface area contributed by atoms with Gasteiger partial charge in [-0.25, -0.2) is 0 Å². The van der Waals surface area contributed by atoms with Gasteiger partial charge in [0.15, 0.2) is 0 Å². The van der Waals surface area contributed by atoms with E-state index in [1.165, 1.54) is 0 Å². The van der Waals surface area contributed by atoms with Gasteiger partial charge >= 0.3 is 10.3 Å². The Morgan fingerprint density at radius 2 is 1.88 bits per heavy atom. The first-order valence-electron chi connectivity index (χ1n) is 7.65. The van der Waals surface area contributed by atoms with Crippen molar-refractivity contribution in [3.05, 3.63) is 29.3 Å². The highest BCUT2D eigenvalue weighted by atomic mass is 35.5. The van der Waals surface area contributed by atoms with Gasteiger partial charge in [-0.2, -0.15) is 13.1 Å². The maximum Gasteiger partial charge on any atom is 0.333 e. The van der Waals surface area contributed by atoms with Crippen LogP contribution in [0, 0.1) is 0 Å². The SMILES string of the molecule is CC(Cl)COC1(OCC(C)Cl)COc2ccc(CNS(=O)(=O)O)cc21. The van der Waals surface area contributed by atoms with Crippen LogP contribution in [-0.2, 0) is 32.1 Å². The number of ether oxygens (including phenoxy) is 3. The summed E-state index contributed by atoms with van der Waals surface area (Å²) in [4.78, 5) is 0. The molecule has 2 atom stereocenters. The molecule has 0 amide bonds.